The van der Waals surface area contributed by atoms with Gasteiger partial charge in [-0.2, -0.15) is 0 Å². The van der Waals surface area contributed by atoms with Gasteiger partial charge in [-0.15, -0.1) is 0 Å². The second-order valence-electron chi connectivity index (χ2n) is 9.18. The largest absolute Gasteiger partial charge is 0.345 e. The minimum absolute atomic E-state index is 0.113. The molecule has 2 heteroatoms. The minimum Gasteiger partial charge on any atom is -0.345 e. The van der Waals surface area contributed by atoms with Gasteiger partial charge in [-0.25, -0.2) is 4.98 Å². The summed E-state index contributed by atoms with van der Waals surface area (Å²) in [5.74, 6) is 2.38. The van der Waals surface area contributed by atoms with Crippen LogP contribution in [0.1, 0.15) is 124 Å². The van der Waals surface area contributed by atoms with Crippen LogP contribution in [0.5, 0.6) is 0 Å². The molecule has 0 spiro atoms. The smallest absolute Gasteiger partial charge is 0.112 e. The maximum absolute atomic E-state index is 5.20. The summed E-state index contributed by atoms with van der Waals surface area (Å²) >= 11 is 0. The highest BCUT2D eigenvalue weighted by Crippen LogP contribution is 2.39. The highest BCUT2D eigenvalue weighted by molar-refractivity contribution is 5.29. The van der Waals surface area contributed by atoms with E-state index >= 15 is 0 Å². The fourth-order valence-electron chi connectivity index (χ4n) is 3.60. The summed E-state index contributed by atoms with van der Waals surface area (Å²) in [4.78, 5) is 8.99. The van der Waals surface area contributed by atoms with Crippen LogP contribution in [0.4, 0.5) is 0 Å². The van der Waals surface area contributed by atoms with Gasteiger partial charge in [-0.3, -0.25) is 0 Å². The average Bonchev–Trinajstić information content (AvgIpc) is 2.94. The molecule has 1 unspecified atom stereocenters. The van der Waals surface area contributed by atoms with Crippen molar-refractivity contribution in [3.8, 4) is 0 Å². The number of unbranched alkanes of at least 4 members (excludes halogenated alkanes) is 2. The average molecular weight is 335 g/mol. The number of hydrogen-bond donors (Lipinski definition) is 1. The summed E-state index contributed by atoms with van der Waals surface area (Å²) in [6.45, 7) is 20.9. The summed E-state index contributed by atoms with van der Waals surface area (Å²) in [7, 11) is 0. The molecule has 1 rings (SSSR count). The van der Waals surface area contributed by atoms with E-state index in [0.717, 1.165) is 6.42 Å². The highest BCUT2D eigenvalue weighted by Gasteiger charge is 2.33. The zero-order valence-corrected chi connectivity index (χ0v) is 17.8. The lowest BCUT2D eigenvalue weighted by molar-refractivity contribution is 0.415. The molecule has 0 bridgehead atoms. The Hall–Kier alpha value is -0.790. The molecule has 24 heavy (non-hydrogen) atoms. The fourth-order valence-corrected chi connectivity index (χ4v) is 3.60. The lowest BCUT2D eigenvalue weighted by Crippen LogP contribution is -2.22. The second kappa shape index (κ2) is 8.54. The second-order valence-corrected chi connectivity index (χ2v) is 9.18. The molecule has 2 nitrogen and oxygen atoms in total. The van der Waals surface area contributed by atoms with Gasteiger partial charge >= 0.3 is 0 Å². The van der Waals surface area contributed by atoms with E-state index in [9.17, 15) is 0 Å². The van der Waals surface area contributed by atoms with Crippen LogP contribution in [0.15, 0.2) is 0 Å². The van der Waals surface area contributed by atoms with Crippen molar-refractivity contribution in [3.05, 3.63) is 17.2 Å². The van der Waals surface area contributed by atoms with Crippen LogP contribution < -0.4 is 0 Å². The van der Waals surface area contributed by atoms with Crippen LogP contribution in [0, 0.1) is 5.92 Å². The minimum atomic E-state index is 0.113. The Labute approximate surface area is 151 Å². The van der Waals surface area contributed by atoms with E-state index in [1.165, 1.54) is 49.3 Å². The molecule has 0 amide bonds. The lowest BCUT2D eigenvalue weighted by Gasteiger charge is -2.27. The van der Waals surface area contributed by atoms with Crippen LogP contribution in [0.2, 0.25) is 0 Å². The van der Waals surface area contributed by atoms with E-state index < -0.39 is 0 Å². The maximum atomic E-state index is 5.20. The zero-order chi connectivity index (χ0) is 18.5. The molecule has 0 aromatic carbocycles. The van der Waals surface area contributed by atoms with Gasteiger partial charge in [0.2, 0.25) is 0 Å². The van der Waals surface area contributed by atoms with Crippen LogP contribution >= 0.6 is 0 Å². The Morgan fingerprint density at radius 2 is 1.58 bits per heavy atom. The first-order chi connectivity index (χ1) is 11.1. The standard InChI is InChI=1S/C22H42N2/c1-10-13-14-15-22(8,9)19-18(17(11-2)16(4)5)23-20(24-19)21(6,7)12-3/h16-17H,10-15H2,1-9H3,(H,23,24). The topological polar surface area (TPSA) is 28.7 Å². The first-order valence-corrected chi connectivity index (χ1v) is 10.2. The fraction of sp³-hybridized carbons (Fsp3) is 0.864. The summed E-state index contributed by atoms with van der Waals surface area (Å²) in [6.07, 6.45) is 7.39. The van der Waals surface area contributed by atoms with E-state index in [0.29, 0.717) is 11.8 Å². The molecule has 0 fully saturated rings. The van der Waals surface area contributed by atoms with Gasteiger partial charge in [0.25, 0.3) is 0 Å². The molecule has 0 aliphatic rings. The molecule has 0 radical (unpaired) electrons. The van der Waals surface area contributed by atoms with Crippen molar-refractivity contribution in [3.63, 3.8) is 0 Å². The van der Waals surface area contributed by atoms with Crippen molar-refractivity contribution < 1.29 is 0 Å². The number of aromatic amines is 1. The normalized spacial score (nSPS) is 14.4. The summed E-state index contributed by atoms with van der Waals surface area (Å²) in [5.41, 5.74) is 2.99. The van der Waals surface area contributed by atoms with Crippen molar-refractivity contribution in [1.82, 2.24) is 9.97 Å². The highest BCUT2D eigenvalue weighted by atomic mass is 15.0. The SMILES string of the molecule is CCCCCC(C)(C)c1nc(C(C)(C)CC)[nH]c1C(CC)C(C)C. The molecule has 1 aromatic rings. The van der Waals surface area contributed by atoms with E-state index in [4.69, 9.17) is 4.98 Å². The molecule has 0 saturated carbocycles. The van der Waals surface area contributed by atoms with Gasteiger partial charge in [0.05, 0.1) is 5.69 Å². The first-order valence-electron chi connectivity index (χ1n) is 10.2. The third kappa shape index (κ3) is 4.86. The number of H-pyrrole nitrogens is 1. The van der Waals surface area contributed by atoms with Crippen LogP contribution in [-0.4, -0.2) is 9.97 Å². The monoisotopic (exact) mass is 334 g/mol. The van der Waals surface area contributed by atoms with Crippen LogP contribution in [0.3, 0.4) is 0 Å². The van der Waals surface area contributed by atoms with Crippen molar-refractivity contribution in [2.75, 3.05) is 0 Å². The number of rotatable bonds is 10. The number of imidazole rings is 1. The number of nitrogens with one attached hydrogen (secondary N) is 1. The van der Waals surface area contributed by atoms with Gasteiger partial charge in [-0.05, 0) is 25.2 Å². The van der Waals surface area contributed by atoms with Gasteiger partial charge in [0.1, 0.15) is 5.82 Å². The maximum Gasteiger partial charge on any atom is 0.112 e. The molecule has 1 atom stereocenters. The molecule has 1 heterocycles. The molecular weight excluding hydrogens is 292 g/mol. The number of hydrogen-bond acceptors (Lipinski definition) is 1. The Morgan fingerprint density at radius 1 is 0.958 bits per heavy atom. The molecule has 1 N–H and O–H groups in total. The molecular formula is C22H42N2. The van der Waals surface area contributed by atoms with Gasteiger partial charge in [0, 0.05) is 22.4 Å². The molecule has 0 aliphatic carbocycles. The predicted octanol–water partition coefficient (Wildman–Crippen LogP) is 7.10. The third-order valence-electron chi connectivity index (χ3n) is 5.92. The van der Waals surface area contributed by atoms with E-state index in [2.05, 4.69) is 67.3 Å². The summed E-state index contributed by atoms with van der Waals surface area (Å²) in [6, 6.07) is 0. The predicted molar refractivity (Wildman–Crippen MR) is 107 cm³/mol. The lowest BCUT2D eigenvalue weighted by atomic mass is 9.78. The Balaban J connectivity index is 3.34. The third-order valence-corrected chi connectivity index (χ3v) is 5.92. The Morgan fingerprint density at radius 3 is 2.04 bits per heavy atom. The Bertz CT molecular complexity index is 494. The van der Waals surface area contributed by atoms with Crippen molar-refractivity contribution in [2.24, 2.45) is 5.92 Å². The first kappa shape index (κ1) is 21.3. The number of aromatic nitrogens is 2. The van der Waals surface area contributed by atoms with E-state index in [1.807, 2.05) is 0 Å². The van der Waals surface area contributed by atoms with Gasteiger partial charge in [-0.1, -0.05) is 81.6 Å². The van der Waals surface area contributed by atoms with Gasteiger partial charge in [0.15, 0.2) is 0 Å². The molecule has 1 aromatic heterocycles. The quantitative estimate of drug-likeness (QED) is 0.454. The van der Waals surface area contributed by atoms with Crippen molar-refractivity contribution in [2.45, 2.75) is 118 Å². The molecule has 0 saturated heterocycles. The van der Waals surface area contributed by atoms with Crippen LogP contribution in [0.25, 0.3) is 0 Å². The Kier molecular flexibility index (Phi) is 7.56. The van der Waals surface area contributed by atoms with Crippen molar-refractivity contribution >= 4 is 0 Å². The molecule has 140 valence electrons. The number of nitrogens with zero attached hydrogens (tertiary/aromatic N) is 1. The summed E-state index contributed by atoms with van der Waals surface area (Å²) in [5, 5.41) is 0. The van der Waals surface area contributed by atoms with Crippen LogP contribution in [-0.2, 0) is 10.8 Å². The zero-order valence-electron chi connectivity index (χ0n) is 17.8. The molecule has 0 aliphatic heterocycles. The summed E-state index contributed by atoms with van der Waals surface area (Å²) < 4.78 is 0. The van der Waals surface area contributed by atoms with E-state index in [-0.39, 0.29) is 10.8 Å². The van der Waals surface area contributed by atoms with E-state index in [1.54, 1.807) is 0 Å². The van der Waals surface area contributed by atoms with Gasteiger partial charge < -0.3 is 4.98 Å². The van der Waals surface area contributed by atoms with Crippen molar-refractivity contribution in [1.29, 1.82) is 0 Å².